The van der Waals surface area contributed by atoms with Crippen LogP contribution in [0.3, 0.4) is 0 Å². The minimum absolute atomic E-state index is 0.0755. The molecule has 11 heteroatoms. The zero-order valence-corrected chi connectivity index (χ0v) is 23.2. The van der Waals surface area contributed by atoms with Crippen molar-refractivity contribution in [3.05, 3.63) is 159 Å². The minimum atomic E-state index is -5.45. The summed E-state index contributed by atoms with van der Waals surface area (Å²) in [6.07, 6.45) is 0. The van der Waals surface area contributed by atoms with Crippen LogP contribution in [0.1, 0.15) is 0 Å². The van der Waals surface area contributed by atoms with Crippen LogP contribution in [0.2, 0.25) is 0 Å². The van der Waals surface area contributed by atoms with E-state index in [-0.39, 0.29) is 4.92 Å². The molecule has 0 aliphatic heterocycles. The Hall–Kier alpha value is -5.34. The molecule has 10 nitrogen and oxygen atoms in total. The maximum absolute atomic E-state index is 14.2. The van der Waals surface area contributed by atoms with Crippen molar-refractivity contribution in [1.82, 2.24) is 0 Å². The molecule has 0 aliphatic rings. The van der Waals surface area contributed by atoms with Gasteiger partial charge in [0.15, 0.2) is 0 Å². The van der Waals surface area contributed by atoms with Gasteiger partial charge in [0.2, 0.25) is 0 Å². The molecule has 0 radical (unpaired) electrons. The molecule has 0 aliphatic carbocycles. The number of nitrogens with zero attached hydrogens (tertiary/aromatic N) is 3. The van der Waals surface area contributed by atoms with Crippen molar-refractivity contribution in [1.29, 1.82) is 0 Å². The van der Waals surface area contributed by atoms with Gasteiger partial charge in [-0.2, -0.15) is 0 Å². The zero-order chi connectivity index (χ0) is 29.1. The van der Waals surface area contributed by atoms with Crippen molar-refractivity contribution >= 4 is 47.3 Å². The second-order valence-corrected chi connectivity index (χ2v) is 18.1. The normalized spacial score (nSPS) is 12.0. The molecule has 0 aromatic heterocycles. The number of rotatable bonds is 9. The monoisotopic (exact) mass is 611 g/mol. The zero-order valence-electron chi connectivity index (χ0n) is 21.3. The maximum atomic E-state index is 14.2. The summed E-state index contributed by atoms with van der Waals surface area (Å²) in [5.41, 5.74) is -2.78. The summed E-state index contributed by atoms with van der Waals surface area (Å²) in [7, 11) is 0. The molecule has 0 unspecified atom stereocenters. The predicted molar refractivity (Wildman–Crippen MR) is 154 cm³/mol. The molecule has 0 saturated heterocycles. The van der Waals surface area contributed by atoms with Gasteiger partial charge in [0.05, 0.1) is 0 Å². The first kappa shape index (κ1) is 27.2. The third-order valence-corrected chi connectivity index (χ3v) is 18.6. The topological polar surface area (TPSA) is 139 Å². The number of non-ortho nitro benzene ring substituents is 1. The Morgan fingerprint density at radius 1 is 0.512 bits per heavy atom. The number of nitro benzene ring substituents is 2. The van der Waals surface area contributed by atoms with Gasteiger partial charge in [-0.05, 0) is 0 Å². The SMILES string of the molecule is O=[N+]([O-])c1cc([N+](=O)[O-])c([O-])c([N+](=O)O[As](c2ccccc2)(c2ccccc2)(c2ccccc2)c2ccccc2)c1. The molecule has 0 bridgehead atoms. The quantitative estimate of drug-likeness (QED) is 0.141. The molecule has 0 fully saturated rings. The molecule has 5 aromatic rings. The van der Waals surface area contributed by atoms with E-state index in [1.54, 1.807) is 48.5 Å². The third kappa shape index (κ3) is 4.31. The summed E-state index contributed by atoms with van der Waals surface area (Å²) in [6.45, 7) is 0. The van der Waals surface area contributed by atoms with Crippen LogP contribution in [0.4, 0.5) is 17.1 Å². The van der Waals surface area contributed by atoms with Crippen LogP contribution < -0.4 is 22.5 Å². The Morgan fingerprint density at radius 3 is 1.17 bits per heavy atom. The van der Waals surface area contributed by atoms with Gasteiger partial charge in [0.25, 0.3) is 0 Å². The van der Waals surface area contributed by atoms with Crippen molar-refractivity contribution in [3.63, 3.8) is 0 Å². The standard InChI is InChI=1S/C30H22AsN3O7/c35-30-28(33(38)39)21-27(32(36)37)22-29(30)34(40)41-31(23-13-5-1-6-14-23,24-15-7-2-8-16-24,25-17-9-3-10-18-25)26-19-11-4-12-20-26/h1-22H. The number of nitro groups is 2. The molecule has 0 heterocycles. The fourth-order valence-corrected chi connectivity index (χ4v) is 16.7. The Balaban J connectivity index is 1.95. The first-order valence-corrected chi connectivity index (χ1v) is 16.9. The molecule has 0 spiro atoms. The van der Waals surface area contributed by atoms with E-state index in [0.717, 1.165) is 0 Å². The summed E-state index contributed by atoms with van der Waals surface area (Å²) in [5, 5.41) is 36.5. The Bertz CT molecular complexity index is 1580. The van der Waals surface area contributed by atoms with Gasteiger partial charge in [-0.25, -0.2) is 0 Å². The number of hydrogen-bond acceptors (Lipinski definition) is 7. The molecule has 0 amide bonds. The van der Waals surface area contributed by atoms with E-state index < -0.39 is 45.5 Å². The molecule has 41 heavy (non-hydrogen) atoms. The number of benzene rings is 5. The summed E-state index contributed by atoms with van der Waals surface area (Å²) < 4.78 is 9.28. The van der Waals surface area contributed by atoms with Gasteiger partial charge in [-0.15, -0.1) is 0 Å². The van der Waals surface area contributed by atoms with E-state index in [9.17, 15) is 30.2 Å². The van der Waals surface area contributed by atoms with Crippen LogP contribution in [0.5, 0.6) is 5.75 Å². The van der Waals surface area contributed by atoms with E-state index in [2.05, 4.69) is 0 Å². The van der Waals surface area contributed by atoms with Gasteiger partial charge in [-0.1, -0.05) is 0 Å². The van der Waals surface area contributed by atoms with E-state index in [4.69, 9.17) is 3.83 Å². The Morgan fingerprint density at radius 2 is 0.854 bits per heavy atom. The van der Waals surface area contributed by atoms with Crippen LogP contribution in [0, 0.1) is 25.1 Å². The number of hydrogen-bond donors (Lipinski definition) is 0. The van der Waals surface area contributed by atoms with Crippen LogP contribution in [0.15, 0.2) is 133 Å². The second kappa shape index (κ2) is 10.7. The molecule has 5 aromatic carbocycles. The predicted octanol–water partition coefficient (Wildman–Crippen LogP) is 3.45. The molecule has 0 saturated carbocycles. The Kier molecular flexibility index (Phi) is 7.09. The van der Waals surface area contributed by atoms with Gasteiger partial charge in [-0.3, -0.25) is 0 Å². The van der Waals surface area contributed by atoms with Gasteiger partial charge < -0.3 is 0 Å². The summed E-state index contributed by atoms with van der Waals surface area (Å²) >= 11 is -5.45. The van der Waals surface area contributed by atoms with Gasteiger partial charge in [0, 0.05) is 0 Å². The van der Waals surface area contributed by atoms with Crippen molar-refractivity contribution in [2.45, 2.75) is 0 Å². The second-order valence-electron chi connectivity index (χ2n) is 9.04. The van der Waals surface area contributed by atoms with Gasteiger partial charge >= 0.3 is 235 Å². The first-order valence-electron chi connectivity index (χ1n) is 12.3. The van der Waals surface area contributed by atoms with Crippen molar-refractivity contribution < 1.29 is 23.7 Å². The average molecular weight is 611 g/mol. The third-order valence-electron chi connectivity index (χ3n) is 6.87. The molecule has 204 valence electrons. The Labute approximate surface area is 234 Å². The molecule has 0 atom stereocenters. The average Bonchev–Trinajstić information content (AvgIpc) is 3.01. The summed E-state index contributed by atoms with van der Waals surface area (Å²) in [4.78, 5) is 35.5. The van der Waals surface area contributed by atoms with E-state index in [0.29, 0.717) is 29.5 Å². The van der Waals surface area contributed by atoms with Gasteiger partial charge in [0.1, 0.15) is 0 Å². The fraction of sp³-hybridized carbons (Fsp3) is 0. The van der Waals surface area contributed by atoms with Crippen LogP contribution in [-0.2, 0) is 3.83 Å². The fourth-order valence-electron chi connectivity index (χ4n) is 5.09. The van der Waals surface area contributed by atoms with Crippen molar-refractivity contribution in [3.8, 4) is 5.75 Å². The molecular weight excluding hydrogens is 589 g/mol. The molecular formula is C30H22AsN3O7. The molecule has 5 rings (SSSR count). The van der Waals surface area contributed by atoms with Crippen LogP contribution in [-0.4, -0.2) is 27.6 Å². The van der Waals surface area contributed by atoms with Crippen molar-refractivity contribution in [2.24, 2.45) is 0 Å². The van der Waals surface area contributed by atoms with Crippen molar-refractivity contribution in [2.75, 3.05) is 0 Å². The van der Waals surface area contributed by atoms with E-state index in [1.165, 1.54) is 0 Å². The van der Waals surface area contributed by atoms with Crippen LogP contribution >= 0.6 is 0 Å². The summed E-state index contributed by atoms with van der Waals surface area (Å²) in [6, 6.07) is 37.6. The van der Waals surface area contributed by atoms with Crippen LogP contribution in [0.25, 0.3) is 0 Å². The summed E-state index contributed by atoms with van der Waals surface area (Å²) in [5.74, 6) is -1.30. The first-order chi connectivity index (χ1) is 19.8. The van der Waals surface area contributed by atoms with E-state index >= 15 is 0 Å². The molecule has 0 N–H and O–H groups in total. The van der Waals surface area contributed by atoms with E-state index in [1.807, 2.05) is 72.8 Å².